The Kier molecular flexibility index (Phi) is 4.48. The fraction of sp³-hybridized carbons (Fsp3) is 0.100. The van der Waals surface area contributed by atoms with Gasteiger partial charge in [-0.05, 0) is 35.7 Å². The van der Waals surface area contributed by atoms with E-state index in [1.54, 1.807) is 0 Å². The number of hydrogen-bond acceptors (Lipinski definition) is 1. The molecule has 0 amide bonds. The number of benzene rings is 3. The van der Waals surface area contributed by atoms with Gasteiger partial charge in [0.05, 0.1) is 0 Å². The second-order valence-electron chi connectivity index (χ2n) is 5.46. The van der Waals surface area contributed by atoms with Gasteiger partial charge in [0.15, 0.2) is 23.0 Å². The molecule has 1 nitrogen and oxygen atoms in total. The molecule has 0 heterocycles. The molecule has 22 heavy (non-hydrogen) atoms. The van der Waals surface area contributed by atoms with E-state index in [4.69, 9.17) is 3.07 Å². The Balaban J connectivity index is 2.18. The van der Waals surface area contributed by atoms with Gasteiger partial charge in [0.1, 0.15) is 5.75 Å². The van der Waals surface area contributed by atoms with Gasteiger partial charge in [-0.1, -0.05) is 72.8 Å². The monoisotopic (exact) mass is 400 g/mol. The van der Waals surface area contributed by atoms with Gasteiger partial charge in [-0.25, -0.2) is 0 Å². The normalized spacial score (nSPS) is 11.2. The van der Waals surface area contributed by atoms with Crippen molar-refractivity contribution in [2.24, 2.45) is 0 Å². The van der Waals surface area contributed by atoms with Crippen LogP contribution in [0.3, 0.4) is 0 Å². The minimum Gasteiger partial charge on any atom is -0.428 e. The molecule has 0 bridgehead atoms. The lowest BCUT2D eigenvalue weighted by molar-refractivity contribution is 0.683. The van der Waals surface area contributed by atoms with E-state index in [0.29, 0.717) is 0 Å². The van der Waals surface area contributed by atoms with Gasteiger partial charge in [0, 0.05) is 5.41 Å². The molecule has 2 heteroatoms. The van der Waals surface area contributed by atoms with Crippen LogP contribution in [-0.2, 0) is 5.41 Å². The second kappa shape index (κ2) is 6.53. The van der Waals surface area contributed by atoms with E-state index in [2.05, 4.69) is 79.7 Å². The summed E-state index contributed by atoms with van der Waals surface area (Å²) in [6.07, 6.45) is 0. The fourth-order valence-electron chi connectivity index (χ4n) is 2.88. The van der Waals surface area contributed by atoms with Crippen LogP contribution in [0.5, 0.6) is 5.75 Å². The smallest absolute Gasteiger partial charge is 0.192 e. The van der Waals surface area contributed by atoms with Crippen LogP contribution in [0.2, 0.25) is 0 Å². The second-order valence-corrected chi connectivity index (χ2v) is 5.90. The van der Waals surface area contributed by atoms with Crippen LogP contribution < -0.4 is 3.07 Å². The Bertz CT molecular complexity index is 681. The summed E-state index contributed by atoms with van der Waals surface area (Å²) in [5.74, 6) is 0.868. The molecule has 0 aliphatic heterocycles. The molecule has 0 saturated carbocycles. The zero-order valence-corrected chi connectivity index (χ0v) is 14.5. The molecule has 0 atom stereocenters. The van der Waals surface area contributed by atoms with Crippen molar-refractivity contribution >= 4 is 23.0 Å². The van der Waals surface area contributed by atoms with Crippen molar-refractivity contribution in [3.05, 3.63) is 102 Å². The molecule has 0 aliphatic carbocycles. The first-order chi connectivity index (χ1) is 10.7. The van der Waals surface area contributed by atoms with E-state index in [1.807, 2.05) is 35.1 Å². The molecule has 0 spiro atoms. The maximum absolute atomic E-state index is 5.26. The summed E-state index contributed by atoms with van der Waals surface area (Å²) in [5, 5.41) is 0. The molecule has 110 valence electrons. The molecule has 3 rings (SSSR count). The zero-order valence-electron chi connectivity index (χ0n) is 12.4. The van der Waals surface area contributed by atoms with Gasteiger partial charge in [-0.15, -0.1) is 0 Å². The Hall–Kier alpha value is -1.81. The Morgan fingerprint density at radius 1 is 0.636 bits per heavy atom. The molecule has 0 radical (unpaired) electrons. The molecule has 0 aliphatic rings. The van der Waals surface area contributed by atoms with Crippen LogP contribution in [-0.4, -0.2) is 0 Å². The average Bonchev–Trinajstić information content (AvgIpc) is 2.62. The molecule has 3 aromatic rings. The molecular formula is C20H17IO. The molecule has 0 unspecified atom stereocenters. The Morgan fingerprint density at radius 2 is 1.05 bits per heavy atom. The maximum Gasteiger partial charge on any atom is 0.192 e. The van der Waals surface area contributed by atoms with E-state index in [-0.39, 0.29) is 5.41 Å². The standard InChI is InChI=1S/C20H17IO/c1-20(16-8-4-2-5-9-16,17-10-6-3-7-11-17)18-12-14-19(22-21)15-13-18/h2-15H,1H3. The number of hydrogen-bond donors (Lipinski definition) is 0. The third kappa shape index (κ3) is 2.75. The van der Waals surface area contributed by atoms with Crippen molar-refractivity contribution in [3.8, 4) is 5.75 Å². The third-order valence-electron chi connectivity index (χ3n) is 4.22. The van der Waals surface area contributed by atoms with Gasteiger partial charge in [-0.3, -0.25) is 0 Å². The molecule has 3 aromatic carbocycles. The zero-order chi connectivity index (χ0) is 15.4. The van der Waals surface area contributed by atoms with Crippen molar-refractivity contribution in [2.45, 2.75) is 12.3 Å². The highest BCUT2D eigenvalue weighted by Crippen LogP contribution is 2.39. The molecular weight excluding hydrogens is 383 g/mol. The average molecular weight is 400 g/mol. The Labute approximate surface area is 145 Å². The quantitative estimate of drug-likeness (QED) is 0.399. The summed E-state index contributed by atoms with van der Waals surface area (Å²) in [7, 11) is 0. The first-order valence-corrected chi connectivity index (χ1v) is 8.13. The van der Waals surface area contributed by atoms with Crippen LogP contribution >= 0.6 is 23.0 Å². The van der Waals surface area contributed by atoms with Crippen LogP contribution in [0.15, 0.2) is 84.9 Å². The number of halogens is 1. The van der Waals surface area contributed by atoms with Gasteiger partial charge in [0.25, 0.3) is 0 Å². The molecule has 0 N–H and O–H groups in total. The topological polar surface area (TPSA) is 9.23 Å². The molecule has 0 aromatic heterocycles. The highest BCUT2D eigenvalue weighted by atomic mass is 127. The van der Waals surface area contributed by atoms with Crippen molar-refractivity contribution in [2.75, 3.05) is 0 Å². The van der Waals surface area contributed by atoms with E-state index in [0.717, 1.165) is 5.75 Å². The van der Waals surface area contributed by atoms with Crippen LogP contribution in [0.25, 0.3) is 0 Å². The lowest BCUT2D eigenvalue weighted by Crippen LogP contribution is -2.25. The van der Waals surface area contributed by atoms with Crippen LogP contribution in [0.4, 0.5) is 0 Å². The van der Waals surface area contributed by atoms with Crippen molar-refractivity contribution in [1.82, 2.24) is 0 Å². The summed E-state index contributed by atoms with van der Waals surface area (Å²) in [6, 6.07) is 29.6. The SMILES string of the molecule is CC(c1ccccc1)(c1ccccc1)c1ccc(OI)cc1. The summed E-state index contributed by atoms with van der Waals surface area (Å²) in [6.45, 7) is 2.28. The van der Waals surface area contributed by atoms with Crippen LogP contribution in [0.1, 0.15) is 23.6 Å². The van der Waals surface area contributed by atoms with E-state index in [1.165, 1.54) is 16.7 Å². The summed E-state index contributed by atoms with van der Waals surface area (Å²) < 4.78 is 5.26. The predicted octanol–water partition coefficient (Wildman–Crippen LogP) is 5.77. The van der Waals surface area contributed by atoms with Gasteiger partial charge < -0.3 is 3.07 Å². The molecule has 0 saturated heterocycles. The summed E-state index contributed by atoms with van der Waals surface area (Å²) >= 11 is 1.91. The third-order valence-corrected chi connectivity index (χ3v) is 4.73. The van der Waals surface area contributed by atoms with Crippen molar-refractivity contribution in [1.29, 1.82) is 0 Å². The minimum absolute atomic E-state index is 0.188. The number of rotatable bonds is 4. The predicted molar refractivity (Wildman–Crippen MR) is 99.5 cm³/mol. The highest BCUT2D eigenvalue weighted by Gasteiger charge is 2.30. The van der Waals surface area contributed by atoms with Crippen molar-refractivity contribution < 1.29 is 3.07 Å². The first-order valence-electron chi connectivity index (χ1n) is 7.25. The lowest BCUT2D eigenvalue weighted by Gasteiger charge is -2.32. The first kappa shape index (κ1) is 15.1. The van der Waals surface area contributed by atoms with Crippen molar-refractivity contribution in [3.63, 3.8) is 0 Å². The van der Waals surface area contributed by atoms with Crippen LogP contribution in [0, 0.1) is 0 Å². The summed E-state index contributed by atoms with van der Waals surface area (Å²) in [4.78, 5) is 0. The molecule has 0 fully saturated rings. The highest BCUT2D eigenvalue weighted by molar-refractivity contribution is 14.1. The fourth-order valence-corrected chi connectivity index (χ4v) is 3.18. The maximum atomic E-state index is 5.26. The van der Waals surface area contributed by atoms with E-state index < -0.39 is 0 Å². The van der Waals surface area contributed by atoms with Gasteiger partial charge in [-0.2, -0.15) is 0 Å². The lowest BCUT2D eigenvalue weighted by atomic mass is 9.71. The largest absolute Gasteiger partial charge is 0.428 e. The minimum atomic E-state index is -0.188. The van der Waals surface area contributed by atoms with E-state index in [9.17, 15) is 0 Å². The summed E-state index contributed by atoms with van der Waals surface area (Å²) in [5.41, 5.74) is 3.63. The Morgan fingerprint density at radius 3 is 1.45 bits per heavy atom. The van der Waals surface area contributed by atoms with Gasteiger partial charge >= 0.3 is 0 Å². The van der Waals surface area contributed by atoms with Gasteiger partial charge in [0.2, 0.25) is 0 Å². The van der Waals surface area contributed by atoms with E-state index >= 15 is 0 Å².